The number of hydrogen-bond acceptors (Lipinski definition) is 4. The number of ether oxygens (including phenoxy) is 1. The lowest BCUT2D eigenvalue weighted by Gasteiger charge is -2.26. The number of amidine groups is 1. The van der Waals surface area contributed by atoms with E-state index in [4.69, 9.17) is 15.3 Å². The van der Waals surface area contributed by atoms with Crippen LogP contribution >= 0.6 is 0 Å². The van der Waals surface area contributed by atoms with Gasteiger partial charge in [-0.25, -0.2) is 4.39 Å². The normalized spacial score (nSPS) is 16.0. The third-order valence-corrected chi connectivity index (χ3v) is 4.04. The highest BCUT2D eigenvalue weighted by Crippen LogP contribution is 2.10. The van der Waals surface area contributed by atoms with Gasteiger partial charge < -0.3 is 15.3 Å². The molecular weight excluding hydrogens is 321 g/mol. The van der Waals surface area contributed by atoms with Gasteiger partial charge in [0.2, 0.25) is 0 Å². The Labute approximate surface area is 146 Å². The van der Waals surface area contributed by atoms with Crippen LogP contribution < -0.4 is 5.73 Å². The largest absolute Gasteiger partial charge is 0.389 e. The Morgan fingerprint density at radius 2 is 1.88 bits per heavy atom. The Balaban J connectivity index is 1.58. The highest BCUT2D eigenvalue weighted by atomic mass is 19.1. The summed E-state index contributed by atoms with van der Waals surface area (Å²) < 4.78 is 18.2. The molecule has 2 N–H and O–H groups in total. The molecule has 6 heteroatoms. The third kappa shape index (κ3) is 5.27. The number of hydrogen-bond donors (Lipinski definition) is 1. The highest BCUT2D eigenvalue weighted by molar-refractivity contribution is 5.97. The van der Waals surface area contributed by atoms with E-state index in [1.807, 2.05) is 18.2 Å². The Morgan fingerprint density at radius 1 is 1.12 bits per heavy atom. The first kappa shape index (κ1) is 17.4. The summed E-state index contributed by atoms with van der Waals surface area (Å²) in [5.41, 5.74) is 8.85. The van der Waals surface area contributed by atoms with Crippen LogP contribution in [0.4, 0.5) is 4.39 Å². The van der Waals surface area contributed by atoms with Crippen molar-refractivity contribution in [1.29, 1.82) is 0 Å². The topological polar surface area (TPSA) is 60.1 Å². The van der Waals surface area contributed by atoms with E-state index in [1.54, 1.807) is 12.1 Å². The van der Waals surface area contributed by atoms with Gasteiger partial charge in [0.05, 0.1) is 13.2 Å². The zero-order valence-corrected chi connectivity index (χ0v) is 14.0. The van der Waals surface area contributed by atoms with Crippen molar-refractivity contribution in [2.24, 2.45) is 10.9 Å². The summed E-state index contributed by atoms with van der Waals surface area (Å²) >= 11 is 0. The van der Waals surface area contributed by atoms with Crippen molar-refractivity contribution in [2.75, 3.05) is 26.3 Å². The molecule has 0 atom stereocenters. The van der Waals surface area contributed by atoms with E-state index in [0.717, 1.165) is 44.0 Å². The summed E-state index contributed by atoms with van der Waals surface area (Å²) in [4.78, 5) is 7.63. The van der Waals surface area contributed by atoms with Gasteiger partial charge in [0.1, 0.15) is 12.4 Å². The van der Waals surface area contributed by atoms with Gasteiger partial charge in [0, 0.05) is 25.2 Å². The van der Waals surface area contributed by atoms with Gasteiger partial charge in [-0.1, -0.05) is 35.5 Å². The summed E-state index contributed by atoms with van der Waals surface area (Å²) in [6.07, 6.45) is 0. The standard InChI is InChI=1S/C19H22FN3O2/c20-18-6-4-15(5-7-18)14-25-22-19(21)17-3-1-2-16(12-17)13-23-8-10-24-11-9-23/h1-7,12H,8-11,13-14H2,(H2,21,22). The van der Waals surface area contributed by atoms with E-state index in [-0.39, 0.29) is 12.4 Å². The molecule has 1 aliphatic rings. The number of oxime groups is 1. The van der Waals surface area contributed by atoms with E-state index < -0.39 is 0 Å². The predicted molar refractivity (Wildman–Crippen MR) is 94.5 cm³/mol. The average molecular weight is 343 g/mol. The average Bonchev–Trinajstić information content (AvgIpc) is 2.64. The fraction of sp³-hybridized carbons (Fsp3) is 0.316. The molecule has 5 nitrogen and oxygen atoms in total. The molecule has 0 unspecified atom stereocenters. The maximum atomic E-state index is 12.9. The second kappa shape index (κ2) is 8.60. The number of rotatable bonds is 6. The zero-order chi connectivity index (χ0) is 17.5. The van der Waals surface area contributed by atoms with Gasteiger partial charge in [-0.05, 0) is 29.3 Å². The van der Waals surface area contributed by atoms with E-state index >= 15 is 0 Å². The molecule has 1 fully saturated rings. The molecule has 0 radical (unpaired) electrons. The Kier molecular flexibility index (Phi) is 5.98. The minimum absolute atomic E-state index is 0.244. The maximum Gasteiger partial charge on any atom is 0.170 e. The van der Waals surface area contributed by atoms with Crippen LogP contribution in [0, 0.1) is 5.82 Å². The SMILES string of the molecule is N/C(=N/OCc1ccc(F)cc1)c1cccc(CN2CCOCC2)c1. The molecule has 0 saturated carbocycles. The van der Waals surface area contributed by atoms with Crippen LogP contribution in [0.2, 0.25) is 0 Å². The van der Waals surface area contributed by atoms with Crippen LogP contribution in [-0.2, 0) is 22.7 Å². The first-order valence-corrected chi connectivity index (χ1v) is 8.30. The summed E-state index contributed by atoms with van der Waals surface area (Å²) in [6.45, 7) is 4.54. The molecule has 2 aromatic rings. The third-order valence-electron chi connectivity index (χ3n) is 4.04. The second-order valence-electron chi connectivity index (χ2n) is 5.97. The molecule has 0 bridgehead atoms. The molecule has 25 heavy (non-hydrogen) atoms. The van der Waals surface area contributed by atoms with E-state index in [1.165, 1.54) is 17.7 Å². The molecule has 3 rings (SSSR count). The number of halogens is 1. The number of benzene rings is 2. The smallest absolute Gasteiger partial charge is 0.170 e. The van der Waals surface area contributed by atoms with E-state index in [2.05, 4.69) is 16.1 Å². The van der Waals surface area contributed by atoms with E-state index in [0.29, 0.717) is 5.84 Å². The van der Waals surface area contributed by atoms with Gasteiger partial charge in [-0.15, -0.1) is 0 Å². The summed E-state index contributed by atoms with van der Waals surface area (Å²) in [6, 6.07) is 14.1. The monoisotopic (exact) mass is 343 g/mol. The van der Waals surface area contributed by atoms with Gasteiger partial charge in [0.15, 0.2) is 5.84 Å². The summed E-state index contributed by atoms with van der Waals surface area (Å²) in [5.74, 6) is 0.0507. The number of nitrogens with two attached hydrogens (primary N) is 1. The van der Waals surface area contributed by atoms with E-state index in [9.17, 15) is 4.39 Å². The summed E-state index contributed by atoms with van der Waals surface area (Å²) in [7, 11) is 0. The first-order valence-electron chi connectivity index (χ1n) is 8.30. The molecule has 1 heterocycles. The number of morpholine rings is 1. The van der Waals surface area contributed by atoms with Gasteiger partial charge in [-0.3, -0.25) is 4.90 Å². The van der Waals surface area contributed by atoms with Crippen LogP contribution in [0.5, 0.6) is 0 Å². The molecule has 0 spiro atoms. The fourth-order valence-corrected chi connectivity index (χ4v) is 2.66. The Morgan fingerprint density at radius 3 is 2.64 bits per heavy atom. The van der Waals surface area contributed by atoms with Crippen molar-refractivity contribution < 1.29 is 14.0 Å². The quantitative estimate of drug-likeness (QED) is 0.497. The Hall–Kier alpha value is -2.44. The molecule has 2 aromatic carbocycles. The maximum absolute atomic E-state index is 12.9. The lowest BCUT2D eigenvalue weighted by molar-refractivity contribution is 0.0342. The van der Waals surface area contributed by atoms with Crippen LogP contribution in [0.3, 0.4) is 0 Å². The zero-order valence-electron chi connectivity index (χ0n) is 14.0. The van der Waals surface area contributed by atoms with Gasteiger partial charge in [0.25, 0.3) is 0 Å². The molecule has 1 aliphatic heterocycles. The van der Waals surface area contributed by atoms with Gasteiger partial charge >= 0.3 is 0 Å². The Bertz CT molecular complexity index is 713. The molecule has 1 saturated heterocycles. The number of nitrogens with zero attached hydrogens (tertiary/aromatic N) is 2. The van der Waals surface area contributed by atoms with Crippen LogP contribution in [0.1, 0.15) is 16.7 Å². The molecule has 0 aromatic heterocycles. The van der Waals surface area contributed by atoms with Crippen molar-refractivity contribution in [3.63, 3.8) is 0 Å². The molecule has 0 aliphatic carbocycles. The van der Waals surface area contributed by atoms with Gasteiger partial charge in [-0.2, -0.15) is 0 Å². The molecular formula is C19H22FN3O2. The lowest BCUT2D eigenvalue weighted by Crippen LogP contribution is -2.35. The van der Waals surface area contributed by atoms with Crippen LogP contribution in [0.25, 0.3) is 0 Å². The lowest BCUT2D eigenvalue weighted by atomic mass is 10.1. The van der Waals surface area contributed by atoms with Crippen molar-refractivity contribution in [2.45, 2.75) is 13.2 Å². The van der Waals surface area contributed by atoms with Crippen molar-refractivity contribution in [1.82, 2.24) is 4.90 Å². The fourth-order valence-electron chi connectivity index (χ4n) is 2.66. The van der Waals surface area contributed by atoms with Crippen molar-refractivity contribution >= 4 is 5.84 Å². The predicted octanol–water partition coefficient (Wildman–Crippen LogP) is 2.50. The minimum atomic E-state index is -0.274. The van der Waals surface area contributed by atoms with Crippen LogP contribution in [-0.4, -0.2) is 37.0 Å². The van der Waals surface area contributed by atoms with Crippen LogP contribution in [0.15, 0.2) is 53.7 Å². The van der Waals surface area contributed by atoms with Crippen molar-refractivity contribution in [3.8, 4) is 0 Å². The van der Waals surface area contributed by atoms with Crippen molar-refractivity contribution in [3.05, 3.63) is 71.0 Å². The molecule has 132 valence electrons. The second-order valence-corrected chi connectivity index (χ2v) is 5.97. The molecule has 0 amide bonds. The summed E-state index contributed by atoms with van der Waals surface area (Å²) in [5, 5.41) is 3.97. The highest BCUT2D eigenvalue weighted by Gasteiger charge is 2.11. The first-order chi connectivity index (χ1) is 12.2. The minimum Gasteiger partial charge on any atom is -0.389 e.